The number of anilines is 1. The third-order valence-corrected chi connectivity index (χ3v) is 5.43. The molecule has 2 atom stereocenters. The van der Waals surface area contributed by atoms with Crippen molar-refractivity contribution in [2.24, 2.45) is 0 Å². The lowest BCUT2D eigenvalue weighted by Crippen LogP contribution is -2.48. The number of rotatable bonds is 4. The number of nitrogens with zero attached hydrogens (tertiary/aromatic N) is 3. The lowest BCUT2D eigenvalue weighted by molar-refractivity contribution is -0.137. The highest BCUT2D eigenvalue weighted by atomic mass is 19.4. The number of likely N-dealkylation sites (tertiary alicyclic amines) is 1. The second kappa shape index (κ2) is 8.01. The van der Waals surface area contributed by atoms with Gasteiger partial charge in [-0.2, -0.15) is 18.2 Å². The van der Waals surface area contributed by atoms with E-state index in [1.165, 1.54) is 6.92 Å². The van der Waals surface area contributed by atoms with Crippen LogP contribution in [0.1, 0.15) is 24.5 Å². The first-order valence-electron chi connectivity index (χ1n) is 9.99. The molecule has 0 spiro atoms. The van der Waals surface area contributed by atoms with Crippen molar-refractivity contribution in [3.8, 4) is 17.0 Å². The summed E-state index contributed by atoms with van der Waals surface area (Å²) in [6.07, 6.45) is -4.43. The van der Waals surface area contributed by atoms with Gasteiger partial charge in [0.05, 0.1) is 17.4 Å². The molecular formula is C21H23F3N4O3. The molecule has 4 rings (SSSR count). The molecule has 10 heteroatoms. The minimum atomic E-state index is -4.55. The van der Waals surface area contributed by atoms with E-state index in [0.29, 0.717) is 30.3 Å². The minimum Gasteiger partial charge on any atom is -0.507 e. The highest BCUT2D eigenvalue weighted by Crippen LogP contribution is 2.39. The number of pyridine rings is 1. The van der Waals surface area contributed by atoms with Crippen molar-refractivity contribution in [3.05, 3.63) is 35.4 Å². The Morgan fingerprint density at radius 3 is 2.68 bits per heavy atom. The molecule has 3 aromatic rings. The van der Waals surface area contributed by atoms with Gasteiger partial charge in [-0.25, -0.2) is 4.98 Å². The molecule has 166 valence electrons. The maximum Gasteiger partial charge on any atom is 0.416 e. The topological polar surface area (TPSA) is 94.7 Å². The average molecular weight is 436 g/mol. The molecular weight excluding hydrogens is 413 g/mol. The van der Waals surface area contributed by atoms with Crippen LogP contribution in [-0.4, -0.2) is 56.9 Å². The third kappa shape index (κ3) is 4.45. The van der Waals surface area contributed by atoms with Crippen LogP contribution in [0, 0.1) is 6.92 Å². The van der Waals surface area contributed by atoms with Gasteiger partial charge >= 0.3 is 6.18 Å². The number of fused-ring (bicyclic) bond motifs is 1. The summed E-state index contributed by atoms with van der Waals surface area (Å²) in [4.78, 5) is 10.8. The van der Waals surface area contributed by atoms with Crippen molar-refractivity contribution in [1.82, 2.24) is 14.9 Å². The van der Waals surface area contributed by atoms with Gasteiger partial charge in [0, 0.05) is 24.7 Å². The number of benzene rings is 1. The van der Waals surface area contributed by atoms with Crippen molar-refractivity contribution in [1.29, 1.82) is 0 Å². The van der Waals surface area contributed by atoms with E-state index in [-0.39, 0.29) is 28.8 Å². The summed E-state index contributed by atoms with van der Waals surface area (Å²) in [6, 6.07) is 5.05. The number of phenolic OH excluding ortho intramolecular Hbond substituents is 1. The number of oxazole rings is 1. The molecule has 1 saturated heterocycles. The number of hydrogen-bond donors (Lipinski definition) is 3. The van der Waals surface area contributed by atoms with Crippen molar-refractivity contribution in [2.45, 2.75) is 38.6 Å². The molecule has 3 heterocycles. The number of aromatic nitrogens is 2. The molecule has 0 aliphatic carbocycles. The molecule has 31 heavy (non-hydrogen) atoms. The van der Waals surface area contributed by atoms with Gasteiger partial charge in [-0.15, -0.1) is 0 Å². The van der Waals surface area contributed by atoms with Crippen LogP contribution >= 0.6 is 0 Å². The monoisotopic (exact) mass is 436 g/mol. The van der Waals surface area contributed by atoms with Crippen LogP contribution in [0.3, 0.4) is 0 Å². The Balaban J connectivity index is 1.61. The van der Waals surface area contributed by atoms with Crippen LogP contribution < -0.4 is 5.32 Å². The summed E-state index contributed by atoms with van der Waals surface area (Å²) in [6.45, 7) is 5.70. The van der Waals surface area contributed by atoms with Gasteiger partial charge in [-0.05, 0) is 49.7 Å². The van der Waals surface area contributed by atoms with Crippen molar-refractivity contribution in [3.63, 3.8) is 0 Å². The standard InChI is InChI=1S/C21H23F3N4O3/c1-3-28-9-13(8-14(29)10-28)25-20-27-19-17(31-20)5-4-15(26-19)18-11(2)6-12(7-16(18)30)21(22,23)24/h4-7,13-14,29-30H,3,8-10H2,1-2H3,(H,25,26,27)/t13-,14+/m1/s1. The van der Waals surface area contributed by atoms with Gasteiger partial charge in [-0.3, -0.25) is 4.90 Å². The number of likely N-dealkylation sites (N-methyl/N-ethyl adjacent to an activating group) is 1. The first kappa shape index (κ1) is 21.4. The summed E-state index contributed by atoms with van der Waals surface area (Å²) in [5.74, 6) is -0.503. The molecule has 1 aliphatic heterocycles. The Morgan fingerprint density at radius 2 is 2.00 bits per heavy atom. The highest BCUT2D eigenvalue weighted by Gasteiger charge is 2.32. The summed E-state index contributed by atoms with van der Waals surface area (Å²) in [7, 11) is 0. The number of nitrogens with one attached hydrogen (secondary N) is 1. The SMILES string of the molecule is CCN1C[C@@H](O)C[C@@H](Nc2nc3nc(-c4c(C)cc(C(F)(F)F)cc4O)ccc3o2)C1. The quantitative estimate of drug-likeness (QED) is 0.573. The van der Waals surface area contributed by atoms with E-state index in [4.69, 9.17) is 4.42 Å². The Bertz CT molecular complexity index is 1080. The summed E-state index contributed by atoms with van der Waals surface area (Å²) >= 11 is 0. The number of alkyl halides is 3. The van der Waals surface area contributed by atoms with Gasteiger partial charge in [0.2, 0.25) is 5.65 Å². The molecule has 0 radical (unpaired) electrons. The fourth-order valence-electron chi connectivity index (χ4n) is 3.98. The van der Waals surface area contributed by atoms with Gasteiger partial charge in [0.1, 0.15) is 5.75 Å². The van der Waals surface area contributed by atoms with Crippen LogP contribution in [-0.2, 0) is 6.18 Å². The van der Waals surface area contributed by atoms with E-state index < -0.39 is 23.6 Å². The summed E-state index contributed by atoms with van der Waals surface area (Å²) in [5, 5.41) is 23.5. The largest absolute Gasteiger partial charge is 0.507 e. The second-order valence-corrected chi connectivity index (χ2v) is 7.81. The Kier molecular flexibility index (Phi) is 5.52. The third-order valence-electron chi connectivity index (χ3n) is 5.43. The van der Waals surface area contributed by atoms with Crippen LogP contribution in [0.5, 0.6) is 5.75 Å². The molecule has 3 N–H and O–H groups in total. The lowest BCUT2D eigenvalue weighted by Gasteiger charge is -2.34. The van der Waals surface area contributed by atoms with Crippen molar-refractivity contribution < 1.29 is 27.8 Å². The van der Waals surface area contributed by atoms with Gasteiger partial charge in [0.25, 0.3) is 6.01 Å². The molecule has 1 fully saturated rings. The fourth-order valence-corrected chi connectivity index (χ4v) is 3.98. The molecule has 0 saturated carbocycles. The molecule has 1 aliphatic rings. The van der Waals surface area contributed by atoms with Gasteiger partial charge < -0.3 is 19.9 Å². The van der Waals surface area contributed by atoms with E-state index >= 15 is 0 Å². The molecule has 7 nitrogen and oxygen atoms in total. The van der Waals surface area contributed by atoms with Gasteiger partial charge in [0.15, 0.2) is 5.58 Å². The van der Waals surface area contributed by atoms with Crippen LogP contribution in [0.4, 0.5) is 19.2 Å². The minimum absolute atomic E-state index is 0.0440. The zero-order chi connectivity index (χ0) is 22.3. The fraction of sp³-hybridized carbons (Fsp3) is 0.429. The second-order valence-electron chi connectivity index (χ2n) is 7.81. The molecule has 0 bridgehead atoms. The average Bonchev–Trinajstić information content (AvgIpc) is 3.07. The summed E-state index contributed by atoms with van der Waals surface area (Å²) < 4.78 is 44.6. The van der Waals surface area contributed by atoms with Crippen molar-refractivity contribution >= 4 is 17.2 Å². The van der Waals surface area contributed by atoms with E-state index in [1.54, 1.807) is 12.1 Å². The zero-order valence-corrected chi connectivity index (χ0v) is 17.1. The predicted molar refractivity (Wildman–Crippen MR) is 109 cm³/mol. The number of aryl methyl sites for hydroxylation is 1. The number of aromatic hydroxyl groups is 1. The smallest absolute Gasteiger partial charge is 0.416 e. The molecule has 2 aromatic heterocycles. The number of hydrogen-bond acceptors (Lipinski definition) is 7. The van der Waals surface area contributed by atoms with E-state index in [1.807, 2.05) is 6.92 Å². The summed E-state index contributed by atoms with van der Waals surface area (Å²) in [5.41, 5.74) is 0.497. The molecule has 1 aromatic carbocycles. The zero-order valence-electron chi connectivity index (χ0n) is 17.1. The van der Waals surface area contributed by atoms with E-state index in [9.17, 15) is 23.4 Å². The van der Waals surface area contributed by atoms with Gasteiger partial charge in [-0.1, -0.05) is 6.92 Å². The predicted octanol–water partition coefficient (Wildman–Crippen LogP) is 3.79. The maximum absolute atomic E-state index is 13.0. The highest BCUT2D eigenvalue weighted by molar-refractivity contribution is 5.78. The number of β-amino-alcohol motifs (C(OH)–C–C–N with tert-alkyl or cyclic N) is 1. The van der Waals surface area contributed by atoms with E-state index in [2.05, 4.69) is 20.2 Å². The van der Waals surface area contributed by atoms with Crippen LogP contribution in [0.2, 0.25) is 0 Å². The normalized spacial score (nSPS) is 20.3. The number of aliphatic hydroxyl groups excluding tert-OH is 1. The lowest BCUT2D eigenvalue weighted by atomic mass is 10.0. The first-order valence-corrected chi connectivity index (χ1v) is 9.99. The Morgan fingerprint density at radius 1 is 1.23 bits per heavy atom. The van der Waals surface area contributed by atoms with E-state index in [0.717, 1.165) is 19.2 Å². The Labute approximate surface area is 176 Å². The number of aliphatic hydroxyl groups is 1. The number of piperidine rings is 1. The molecule has 0 unspecified atom stereocenters. The maximum atomic E-state index is 13.0. The number of halogens is 3. The molecule has 0 amide bonds. The Hall–Kier alpha value is -2.85. The van der Waals surface area contributed by atoms with Crippen molar-refractivity contribution in [2.75, 3.05) is 25.0 Å². The van der Waals surface area contributed by atoms with Crippen LogP contribution in [0.25, 0.3) is 22.5 Å². The first-order chi connectivity index (χ1) is 14.6. The number of phenols is 1. The van der Waals surface area contributed by atoms with Crippen LogP contribution in [0.15, 0.2) is 28.7 Å².